The van der Waals surface area contributed by atoms with Gasteiger partial charge in [-0.2, -0.15) is 0 Å². The van der Waals surface area contributed by atoms with E-state index in [1.165, 1.54) is 0 Å². The van der Waals surface area contributed by atoms with Gasteiger partial charge in [-0.05, 0) is 0 Å². The molecule has 0 aromatic rings. The first-order valence-corrected chi connectivity index (χ1v) is 2.68. The van der Waals surface area contributed by atoms with Crippen molar-refractivity contribution in [2.45, 2.75) is 0 Å². The SMILES string of the molecule is OCC(CO)(CO)CO.[Bi]. The van der Waals surface area contributed by atoms with Gasteiger partial charge in [-0.15, -0.1) is 0 Å². The van der Waals surface area contributed by atoms with E-state index >= 15 is 0 Å². The van der Waals surface area contributed by atoms with E-state index in [0.717, 1.165) is 0 Å². The van der Waals surface area contributed by atoms with Crippen LogP contribution in [-0.4, -0.2) is 73.1 Å². The minimum atomic E-state index is -1.11. The third kappa shape index (κ3) is 3.21. The Balaban J connectivity index is 0. The summed E-state index contributed by atoms with van der Waals surface area (Å²) in [6.45, 7) is -1.62. The Morgan fingerprint density at radius 3 is 0.900 bits per heavy atom. The largest absolute Gasteiger partial charge is 0.396 e. The van der Waals surface area contributed by atoms with E-state index in [9.17, 15) is 0 Å². The first kappa shape index (κ1) is 13.3. The van der Waals surface area contributed by atoms with Gasteiger partial charge in [0, 0.05) is 26.2 Å². The normalized spacial score (nSPS) is 10.8. The Kier molecular flexibility index (Phi) is 8.57. The fraction of sp³-hybridized carbons (Fsp3) is 1.00. The van der Waals surface area contributed by atoms with E-state index in [4.69, 9.17) is 20.4 Å². The Labute approximate surface area is 78.6 Å². The summed E-state index contributed by atoms with van der Waals surface area (Å²) < 4.78 is 0. The van der Waals surface area contributed by atoms with Gasteiger partial charge >= 0.3 is 0 Å². The number of rotatable bonds is 4. The zero-order chi connectivity index (χ0) is 7.33. The van der Waals surface area contributed by atoms with E-state index in [1.807, 2.05) is 0 Å². The number of aliphatic hydroxyl groups is 4. The average Bonchev–Trinajstić information content (AvgIpc) is 1.95. The molecule has 61 valence electrons. The molecule has 0 bridgehead atoms. The van der Waals surface area contributed by atoms with Crippen LogP contribution in [0, 0.1) is 5.41 Å². The second-order valence-corrected chi connectivity index (χ2v) is 2.13. The molecule has 4 N–H and O–H groups in total. The van der Waals surface area contributed by atoms with Crippen LogP contribution in [0.3, 0.4) is 0 Å². The van der Waals surface area contributed by atoms with E-state index in [1.54, 1.807) is 0 Å². The second kappa shape index (κ2) is 6.43. The average molecular weight is 345 g/mol. The zero-order valence-corrected chi connectivity index (χ0v) is 9.04. The van der Waals surface area contributed by atoms with Crippen LogP contribution in [-0.2, 0) is 0 Å². The summed E-state index contributed by atoms with van der Waals surface area (Å²) in [7, 11) is 0. The molecule has 0 fully saturated rings. The zero-order valence-electron chi connectivity index (χ0n) is 5.56. The molecule has 0 atom stereocenters. The molecular formula is C5H12BiO4. The third-order valence-corrected chi connectivity index (χ3v) is 1.34. The summed E-state index contributed by atoms with van der Waals surface area (Å²) >= 11 is 0. The van der Waals surface area contributed by atoms with Crippen LogP contribution in [0.4, 0.5) is 0 Å². The summed E-state index contributed by atoms with van der Waals surface area (Å²) in [5, 5.41) is 34.0. The maximum Gasteiger partial charge on any atom is 0.0627 e. The predicted molar refractivity (Wildman–Crippen MR) is 36.5 cm³/mol. The number of aliphatic hydroxyl groups excluding tert-OH is 4. The van der Waals surface area contributed by atoms with Crippen molar-refractivity contribution in [3.05, 3.63) is 0 Å². The fourth-order valence-corrected chi connectivity index (χ4v) is 0.300. The van der Waals surface area contributed by atoms with Gasteiger partial charge in [-0.25, -0.2) is 0 Å². The summed E-state index contributed by atoms with van der Waals surface area (Å²) in [5.74, 6) is 0. The summed E-state index contributed by atoms with van der Waals surface area (Å²) in [4.78, 5) is 0. The quantitative estimate of drug-likeness (QED) is 0.427. The van der Waals surface area contributed by atoms with Crippen molar-refractivity contribution in [1.29, 1.82) is 0 Å². The molecule has 0 aliphatic carbocycles. The molecule has 0 saturated carbocycles. The van der Waals surface area contributed by atoms with Gasteiger partial charge in [0.1, 0.15) is 0 Å². The Bertz CT molecular complexity index is 56.5. The number of hydrogen-bond donors (Lipinski definition) is 4. The first-order valence-electron chi connectivity index (χ1n) is 2.68. The molecule has 10 heavy (non-hydrogen) atoms. The van der Waals surface area contributed by atoms with Gasteiger partial charge in [0.15, 0.2) is 0 Å². The molecule has 3 radical (unpaired) electrons. The molecule has 0 spiro atoms. The van der Waals surface area contributed by atoms with E-state index in [2.05, 4.69) is 0 Å². The monoisotopic (exact) mass is 345 g/mol. The minimum Gasteiger partial charge on any atom is -0.396 e. The first-order chi connectivity index (χ1) is 4.24. The number of hydrogen-bond acceptors (Lipinski definition) is 4. The van der Waals surface area contributed by atoms with Gasteiger partial charge in [-0.3, -0.25) is 0 Å². The second-order valence-electron chi connectivity index (χ2n) is 2.13. The maximum absolute atomic E-state index is 8.50. The summed E-state index contributed by atoms with van der Waals surface area (Å²) in [6, 6.07) is 0. The van der Waals surface area contributed by atoms with E-state index in [-0.39, 0.29) is 26.2 Å². The molecule has 0 unspecified atom stereocenters. The molecule has 5 heteroatoms. The van der Waals surface area contributed by atoms with Crippen LogP contribution >= 0.6 is 0 Å². The van der Waals surface area contributed by atoms with Gasteiger partial charge in [0.2, 0.25) is 0 Å². The van der Waals surface area contributed by atoms with Crippen molar-refractivity contribution in [2.24, 2.45) is 5.41 Å². The van der Waals surface area contributed by atoms with Gasteiger partial charge in [-0.1, -0.05) is 0 Å². The van der Waals surface area contributed by atoms with E-state index < -0.39 is 31.8 Å². The van der Waals surface area contributed by atoms with Crippen molar-refractivity contribution >= 4 is 26.2 Å². The molecule has 0 aromatic carbocycles. The molecule has 4 nitrogen and oxygen atoms in total. The van der Waals surface area contributed by atoms with Crippen molar-refractivity contribution in [1.82, 2.24) is 0 Å². The van der Waals surface area contributed by atoms with Crippen LogP contribution in [0.2, 0.25) is 0 Å². The molecule has 0 rings (SSSR count). The van der Waals surface area contributed by atoms with Crippen molar-refractivity contribution < 1.29 is 20.4 Å². The molecule has 0 aliphatic rings. The topological polar surface area (TPSA) is 80.9 Å². The van der Waals surface area contributed by atoms with Crippen molar-refractivity contribution in [3.63, 3.8) is 0 Å². The van der Waals surface area contributed by atoms with E-state index in [0.29, 0.717) is 0 Å². The Morgan fingerprint density at radius 1 is 0.700 bits per heavy atom. The molecule has 0 aromatic heterocycles. The van der Waals surface area contributed by atoms with Crippen LogP contribution in [0.1, 0.15) is 0 Å². The van der Waals surface area contributed by atoms with Gasteiger partial charge in [0.25, 0.3) is 0 Å². The third-order valence-electron chi connectivity index (χ3n) is 1.34. The van der Waals surface area contributed by atoms with Gasteiger partial charge < -0.3 is 20.4 Å². The van der Waals surface area contributed by atoms with Crippen LogP contribution in [0.25, 0.3) is 0 Å². The predicted octanol–water partition coefficient (Wildman–Crippen LogP) is -2.44. The van der Waals surface area contributed by atoms with Crippen LogP contribution in [0.15, 0.2) is 0 Å². The summed E-state index contributed by atoms with van der Waals surface area (Å²) in [6.07, 6.45) is 0. The molecule has 0 amide bonds. The molecule has 0 heterocycles. The molecular weight excluding hydrogens is 333 g/mol. The standard InChI is InChI=1S/C5H12O4.Bi/c6-1-5(2-7,3-8)4-9;/h6-9H,1-4H2;. The van der Waals surface area contributed by atoms with Crippen molar-refractivity contribution in [2.75, 3.05) is 26.4 Å². The smallest absolute Gasteiger partial charge is 0.0627 e. The fourth-order valence-electron chi connectivity index (χ4n) is 0.300. The maximum atomic E-state index is 8.50. The van der Waals surface area contributed by atoms with Gasteiger partial charge in [0.05, 0.1) is 31.8 Å². The van der Waals surface area contributed by atoms with Crippen molar-refractivity contribution in [3.8, 4) is 0 Å². The van der Waals surface area contributed by atoms with Crippen LogP contribution < -0.4 is 0 Å². The minimum absolute atomic E-state index is 0. The summed E-state index contributed by atoms with van der Waals surface area (Å²) in [5.41, 5.74) is -1.11. The molecule has 0 aliphatic heterocycles. The van der Waals surface area contributed by atoms with Crippen LogP contribution in [0.5, 0.6) is 0 Å². The molecule has 0 saturated heterocycles. The Morgan fingerprint density at radius 2 is 0.900 bits per heavy atom. The Hall–Kier alpha value is 0.723.